The van der Waals surface area contributed by atoms with Gasteiger partial charge < -0.3 is 10.5 Å². The minimum atomic E-state index is -0.547. The molecule has 4 aromatic rings. The van der Waals surface area contributed by atoms with Crippen molar-refractivity contribution in [1.29, 1.82) is 5.26 Å². The first-order valence-corrected chi connectivity index (χ1v) is 8.07. The van der Waals surface area contributed by atoms with Crippen LogP contribution in [0, 0.1) is 11.3 Å². The van der Waals surface area contributed by atoms with Crippen molar-refractivity contribution in [2.24, 2.45) is 0 Å². The molecule has 1 aromatic carbocycles. The van der Waals surface area contributed by atoms with Gasteiger partial charge in [-0.15, -0.1) is 4.73 Å². The van der Waals surface area contributed by atoms with Crippen LogP contribution in [0.15, 0.2) is 72.0 Å². The molecule has 27 heavy (non-hydrogen) atoms. The molecular weight excluding hydrogens is 342 g/mol. The minimum absolute atomic E-state index is 0.323. The molecule has 130 valence electrons. The molecule has 0 amide bonds. The van der Waals surface area contributed by atoms with Gasteiger partial charge in [0.25, 0.3) is 5.56 Å². The molecular formula is C20H13N5O2. The van der Waals surface area contributed by atoms with Gasteiger partial charge in [0.05, 0.1) is 17.4 Å². The van der Waals surface area contributed by atoms with Gasteiger partial charge in [-0.25, -0.2) is 0 Å². The van der Waals surface area contributed by atoms with Gasteiger partial charge in [0.1, 0.15) is 11.6 Å². The van der Waals surface area contributed by atoms with Gasteiger partial charge >= 0.3 is 0 Å². The van der Waals surface area contributed by atoms with E-state index in [1.807, 2.05) is 24.3 Å². The molecule has 0 saturated carbocycles. The maximum atomic E-state index is 12.0. The molecule has 3 heterocycles. The summed E-state index contributed by atoms with van der Waals surface area (Å²) in [6.45, 7) is 0. The summed E-state index contributed by atoms with van der Waals surface area (Å²) in [5, 5.41) is 22.7. The third kappa shape index (κ3) is 3.07. The van der Waals surface area contributed by atoms with E-state index < -0.39 is 5.56 Å². The van der Waals surface area contributed by atoms with Gasteiger partial charge in [-0.3, -0.25) is 14.8 Å². The minimum Gasteiger partial charge on any atom is -0.425 e. The number of fused-ring (bicyclic) bond motifs is 1. The van der Waals surface area contributed by atoms with Gasteiger partial charge in [-0.1, -0.05) is 12.1 Å². The van der Waals surface area contributed by atoms with Crippen LogP contribution in [0.2, 0.25) is 0 Å². The highest BCUT2D eigenvalue weighted by atomic mass is 16.5. The molecule has 7 heteroatoms. The normalized spacial score (nSPS) is 10.5. The SMILES string of the molecule is N#Cc1cncc(-c2ccc(Nc3cc(=O)n(O)c4cnccc34)cc2)c1. The molecule has 0 spiro atoms. The number of anilines is 2. The zero-order valence-corrected chi connectivity index (χ0v) is 14.0. The van der Waals surface area contributed by atoms with Crippen molar-refractivity contribution in [2.45, 2.75) is 0 Å². The van der Waals surface area contributed by atoms with E-state index in [0.29, 0.717) is 26.9 Å². The average molecular weight is 355 g/mol. The topological polar surface area (TPSA) is 104 Å². The number of benzene rings is 1. The van der Waals surface area contributed by atoms with E-state index in [9.17, 15) is 10.0 Å². The Morgan fingerprint density at radius 2 is 1.81 bits per heavy atom. The number of nitrogens with one attached hydrogen (secondary N) is 1. The molecule has 0 radical (unpaired) electrons. The van der Waals surface area contributed by atoms with Crippen molar-refractivity contribution in [1.82, 2.24) is 14.7 Å². The summed E-state index contributed by atoms with van der Waals surface area (Å²) in [6.07, 6.45) is 6.24. The molecule has 7 nitrogen and oxygen atoms in total. The number of hydrogen-bond acceptors (Lipinski definition) is 6. The summed E-state index contributed by atoms with van der Waals surface area (Å²) < 4.78 is 0.575. The van der Waals surface area contributed by atoms with Crippen LogP contribution in [0.3, 0.4) is 0 Å². The van der Waals surface area contributed by atoms with E-state index in [1.54, 1.807) is 24.5 Å². The van der Waals surface area contributed by atoms with E-state index in [1.165, 1.54) is 18.5 Å². The Balaban J connectivity index is 1.68. The van der Waals surface area contributed by atoms with Crippen LogP contribution in [0.4, 0.5) is 11.4 Å². The van der Waals surface area contributed by atoms with Crippen molar-refractivity contribution in [3.63, 3.8) is 0 Å². The number of nitriles is 1. The lowest BCUT2D eigenvalue weighted by atomic mass is 10.1. The lowest BCUT2D eigenvalue weighted by molar-refractivity contribution is 0.188. The summed E-state index contributed by atoms with van der Waals surface area (Å²) in [4.78, 5) is 20.0. The van der Waals surface area contributed by atoms with Crippen molar-refractivity contribution >= 4 is 22.3 Å². The van der Waals surface area contributed by atoms with Crippen molar-refractivity contribution in [3.05, 3.63) is 83.2 Å². The summed E-state index contributed by atoms with van der Waals surface area (Å²) in [5.74, 6) is 0. The Morgan fingerprint density at radius 1 is 1.00 bits per heavy atom. The second-order valence-corrected chi connectivity index (χ2v) is 5.88. The Bertz CT molecular complexity index is 1240. The molecule has 4 rings (SSSR count). The van der Waals surface area contributed by atoms with Crippen molar-refractivity contribution in [2.75, 3.05) is 5.32 Å². The average Bonchev–Trinajstić information content (AvgIpc) is 2.72. The number of rotatable bonds is 3. The maximum Gasteiger partial charge on any atom is 0.285 e. The first kappa shape index (κ1) is 16.3. The second-order valence-electron chi connectivity index (χ2n) is 5.88. The fourth-order valence-electron chi connectivity index (χ4n) is 2.83. The molecule has 3 aromatic heterocycles. The molecule has 0 fully saturated rings. The third-order valence-electron chi connectivity index (χ3n) is 4.16. The van der Waals surface area contributed by atoms with Gasteiger partial charge in [0, 0.05) is 41.3 Å². The van der Waals surface area contributed by atoms with E-state index >= 15 is 0 Å². The monoisotopic (exact) mass is 355 g/mol. The summed E-state index contributed by atoms with van der Waals surface area (Å²) in [5.41, 5.74) is 3.39. The third-order valence-corrected chi connectivity index (χ3v) is 4.16. The Kier molecular flexibility index (Phi) is 3.99. The van der Waals surface area contributed by atoms with Gasteiger partial charge in [-0.05, 0) is 29.8 Å². The van der Waals surface area contributed by atoms with Crippen LogP contribution in [0.5, 0.6) is 0 Å². The molecule has 0 aliphatic carbocycles. The van der Waals surface area contributed by atoms with E-state index in [2.05, 4.69) is 21.4 Å². The molecule has 0 atom stereocenters. The summed E-state index contributed by atoms with van der Waals surface area (Å²) in [7, 11) is 0. The van der Waals surface area contributed by atoms with Crippen LogP contribution >= 0.6 is 0 Å². The van der Waals surface area contributed by atoms with E-state index in [-0.39, 0.29) is 0 Å². The van der Waals surface area contributed by atoms with Crippen molar-refractivity contribution < 1.29 is 5.21 Å². The molecule has 0 bridgehead atoms. The molecule has 0 aliphatic rings. The fourth-order valence-corrected chi connectivity index (χ4v) is 2.83. The second kappa shape index (κ2) is 6.61. The highest BCUT2D eigenvalue weighted by Gasteiger charge is 2.09. The number of hydrogen-bond donors (Lipinski definition) is 2. The number of nitrogens with zero attached hydrogens (tertiary/aromatic N) is 4. The van der Waals surface area contributed by atoms with Crippen LogP contribution in [-0.2, 0) is 0 Å². The first-order valence-electron chi connectivity index (χ1n) is 8.07. The quantitative estimate of drug-likeness (QED) is 0.546. The fraction of sp³-hybridized carbons (Fsp3) is 0. The van der Waals surface area contributed by atoms with Crippen LogP contribution < -0.4 is 10.9 Å². The lowest BCUT2D eigenvalue weighted by Crippen LogP contribution is -2.17. The highest BCUT2D eigenvalue weighted by Crippen LogP contribution is 2.26. The summed E-state index contributed by atoms with van der Waals surface area (Å²) in [6, 6.07) is 14.4. The largest absolute Gasteiger partial charge is 0.425 e. The predicted molar refractivity (Wildman–Crippen MR) is 101 cm³/mol. The van der Waals surface area contributed by atoms with E-state index in [4.69, 9.17) is 5.26 Å². The smallest absolute Gasteiger partial charge is 0.285 e. The Morgan fingerprint density at radius 3 is 2.59 bits per heavy atom. The number of pyridine rings is 3. The summed E-state index contributed by atoms with van der Waals surface area (Å²) >= 11 is 0. The van der Waals surface area contributed by atoms with E-state index in [0.717, 1.165) is 16.8 Å². The zero-order chi connectivity index (χ0) is 18.8. The zero-order valence-electron chi connectivity index (χ0n) is 14.0. The van der Waals surface area contributed by atoms with Crippen LogP contribution in [0.1, 0.15) is 5.56 Å². The molecule has 0 aliphatic heterocycles. The Hall–Kier alpha value is -4.18. The first-order chi connectivity index (χ1) is 13.2. The predicted octanol–water partition coefficient (Wildman–Crippen LogP) is 3.31. The maximum absolute atomic E-state index is 12.0. The molecule has 0 unspecified atom stereocenters. The lowest BCUT2D eigenvalue weighted by Gasteiger charge is -2.11. The Labute approximate surface area is 153 Å². The van der Waals surface area contributed by atoms with Gasteiger partial charge in [-0.2, -0.15) is 5.26 Å². The van der Waals surface area contributed by atoms with Crippen LogP contribution in [0.25, 0.3) is 22.0 Å². The van der Waals surface area contributed by atoms with Gasteiger partial charge in [0.15, 0.2) is 0 Å². The standard InChI is InChI=1S/C20H13N5O2/c21-9-13-7-15(11-23-10-13)14-1-3-16(4-2-14)24-18-8-20(26)25(27)19-12-22-6-5-17(18)19/h1-8,10-12,24,27H. The molecule has 2 N–H and O–H groups in total. The van der Waals surface area contributed by atoms with Crippen LogP contribution in [-0.4, -0.2) is 19.9 Å². The van der Waals surface area contributed by atoms with Crippen molar-refractivity contribution in [3.8, 4) is 17.2 Å². The number of aromatic nitrogens is 3. The van der Waals surface area contributed by atoms with Gasteiger partial charge in [0.2, 0.25) is 0 Å². The highest BCUT2D eigenvalue weighted by molar-refractivity contribution is 5.92. The molecule has 0 saturated heterocycles.